The van der Waals surface area contributed by atoms with Crippen LogP contribution in [0.2, 0.25) is 0 Å². The van der Waals surface area contributed by atoms with Gasteiger partial charge in [0.05, 0.1) is 17.6 Å². The molecule has 0 amide bonds. The average Bonchev–Trinajstić information content (AvgIpc) is 3.60. The third kappa shape index (κ3) is 5.07. The van der Waals surface area contributed by atoms with Crippen LogP contribution in [0.5, 0.6) is 0 Å². The Balaban J connectivity index is 1.33. The van der Waals surface area contributed by atoms with Crippen LogP contribution in [0.1, 0.15) is 112 Å². The number of rotatable bonds is 7. The summed E-state index contributed by atoms with van der Waals surface area (Å²) in [4.78, 5) is 5.36. The van der Waals surface area contributed by atoms with Crippen LogP contribution in [0.3, 0.4) is 0 Å². The van der Waals surface area contributed by atoms with Crippen molar-refractivity contribution in [3.63, 3.8) is 0 Å². The third-order valence-corrected chi connectivity index (χ3v) is 11.2. The van der Waals surface area contributed by atoms with Gasteiger partial charge in [0.2, 0.25) is 0 Å². The van der Waals surface area contributed by atoms with E-state index in [1.165, 1.54) is 107 Å². The van der Waals surface area contributed by atoms with Crippen LogP contribution >= 0.6 is 0 Å². The molecule has 0 saturated heterocycles. The standard InChI is InChI=1S/C43H49N3/c1-28(2)33-17-12-18-34(29(3)4)37(33)27-46-40-20-11-10-19-38(40)44-43(46)32-22-23-39-36(25-32)42-35-16-9-8-15-31(35)21-24-41(42)45(39)26-30-13-6-5-7-14-30/h10-12,17-25,28-30H,5-9,13-16,26-27H2,1-4H3. The maximum atomic E-state index is 5.36. The summed E-state index contributed by atoms with van der Waals surface area (Å²) in [6, 6.07) is 27.8. The van der Waals surface area contributed by atoms with Gasteiger partial charge in [-0.15, -0.1) is 0 Å². The Morgan fingerprint density at radius 3 is 2.22 bits per heavy atom. The SMILES string of the molecule is CC(C)c1cccc(C(C)C)c1Cn1c(-c2ccc3c(c2)c2c4c(ccc2n3CC2CCCCC2)CCCC4)nc2ccccc21. The van der Waals surface area contributed by atoms with Crippen molar-refractivity contribution in [1.29, 1.82) is 0 Å². The Kier molecular flexibility index (Phi) is 7.75. The van der Waals surface area contributed by atoms with Crippen molar-refractivity contribution in [2.45, 2.75) is 110 Å². The zero-order chi connectivity index (χ0) is 31.4. The topological polar surface area (TPSA) is 22.8 Å². The first kappa shape index (κ1) is 29.5. The number of aromatic nitrogens is 3. The molecule has 1 saturated carbocycles. The first-order valence-electron chi connectivity index (χ1n) is 18.1. The van der Waals surface area contributed by atoms with Gasteiger partial charge in [-0.2, -0.15) is 0 Å². The number of hydrogen-bond donors (Lipinski definition) is 0. The Hall–Kier alpha value is -3.85. The van der Waals surface area contributed by atoms with Gasteiger partial charge in [-0.3, -0.25) is 0 Å². The fraction of sp³-hybridized carbons (Fsp3) is 0.419. The zero-order valence-electron chi connectivity index (χ0n) is 28.3. The van der Waals surface area contributed by atoms with Crippen molar-refractivity contribution >= 4 is 32.8 Å². The predicted octanol–water partition coefficient (Wildman–Crippen LogP) is 11.6. The van der Waals surface area contributed by atoms with Crippen LogP contribution in [0.15, 0.2) is 72.8 Å². The van der Waals surface area contributed by atoms with Crippen molar-refractivity contribution in [1.82, 2.24) is 14.1 Å². The number of aryl methyl sites for hydroxylation is 2. The molecule has 1 fully saturated rings. The molecule has 0 radical (unpaired) electrons. The van der Waals surface area contributed by atoms with Gasteiger partial charge in [0.15, 0.2) is 0 Å². The number of benzene rings is 4. The van der Waals surface area contributed by atoms with Gasteiger partial charge < -0.3 is 9.13 Å². The molecular weight excluding hydrogens is 558 g/mol. The van der Waals surface area contributed by atoms with E-state index in [1.807, 2.05) is 0 Å². The van der Waals surface area contributed by atoms with Crippen molar-refractivity contribution in [3.8, 4) is 11.4 Å². The lowest BCUT2D eigenvalue weighted by molar-refractivity contribution is 0.325. The van der Waals surface area contributed by atoms with Crippen LogP contribution in [0.25, 0.3) is 44.2 Å². The molecule has 236 valence electrons. The summed E-state index contributed by atoms with van der Waals surface area (Å²) in [5.74, 6) is 2.78. The normalized spacial score (nSPS) is 16.0. The first-order valence-corrected chi connectivity index (χ1v) is 18.1. The number of hydrogen-bond acceptors (Lipinski definition) is 1. The van der Waals surface area contributed by atoms with Crippen molar-refractivity contribution in [2.75, 3.05) is 0 Å². The highest BCUT2D eigenvalue weighted by Gasteiger charge is 2.24. The quantitative estimate of drug-likeness (QED) is 0.177. The molecule has 0 N–H and O–H groups in total. The molecular formula is C43H49N3. The molecule has 46 heavy (non-hydrogen) atoms. The molecule has 0 atom stereocenters. The van der Waals surface area contributed by atoms with Gasteiger partial charge in [-0.05, 0) is 120 Å². The minimum Gasteiger partial charge on any atom is -0.340 e. The average molecular weight is 608 g/mol. The van der Waals surface area contributed by atoms with E-state index in [2.05, 4.69) is 110 Å². The molecule has 6 aromatic rings. The lowest BCUT2D eigenvalue weighted by Gasteiger charge is -2.23. The molecule has 0 spiro atoms. The maximum absolute atomic E-state index is 5.36. The highest BCUT2D eigenvalue weighted by molar-refractivity contribution is 6.11. The Labute approximate surface area is 274 Å². The molecule has 2 aromatic heterocycles. The molecule has 0 bridgehead atoms. The molecule has 8 rings (SSSR count). The second-order valence-corrected chi connectivity index (χ2v) is 14.9. The largest absolute Gasteiger partial charge is 0.340 e. The van der Waals surface area contributed by atoms with Crippen LogP contribution in [-0.2, 0) is 25.9 Å². The van der Waals surface area contributed by atoms with Crippen LogP contribution in [0, 0.1) is 5.92 Å². The Morgan fingerprint density at radius 2 is 1.43 bits per heavy atom. The fourth-order valence-electron chi connectivity index (χ4n) is 8.91. The second-order valence-electron chi connectivity index (χ2n) is 14.9. The minimum absolute atomic E-state index is 0.463. The third-order valence-electron chi connectivity index (χ3n) is 11.2. The summed E-state index contributed by atoms with van der Waals surface area (Å²) >= 11 is 0. The Bertz CT molecular complexity index is 2020. The second kappa shape index (κ2) is 12.1. The summed E-state index contributed by atoms with van der Waals surface area (Å²) in [5.41, 5.74) is 13.9. The summed E-state index contributed by atoms with van der Waals surface area (Å²) in [6.07, 6.45) is 11.9. The Morgan fingerprint density at radius 1 is 0.696 bits per heavy atom. The van der Waals surface area contributed by atoms with E-state index in [4.69, 9.17) is 4.98 Å². The number of imidazole rings is 1. The number of fused-ring (bicyclic) bond motifs is 6. The van der Waals surface area contributed by atoms with Gasteiger partial charge in [-0.25, -0.2) is 4.98 Å². The monoisotopic (exact) mass is 607 g/mol. The summed E-state index contributed by atoms with van der Waals surface area (Å²) < 4.78 is 5.19. The summed E-state index contributed by atoms with van der Waals surface area (Å²) in [7, 11) is 0. The summed E-state index contributed by atoms with van der Waals surface area (Å²) in [5, 5.41) is 2.94. The number of para-hydroxylation sites is 2. The smallest absolute Gasteiger partial charge is 0.141 e. The van der Waals surface area contributed by atoms with Crippen LogP contribution in [-0.4, -0.2) is 14.1 Å². The number of nitrogens with zero attached hydrogens (tertiary/aromatic N) is 3. The molecule has 2 heterocycles. The van der Waals surface area contributed by atoms with Crippen LogP contribution < -0.4 is 0 Å². The van der Waals surface area contributed by atoms with Crippen molar-refractivity contribution in [3.05, 3.63) is 101 Å². The van der Waals surface area contributed by atoms with Gasteiger partial charge in [0.25, 0.3) is 0 Å². The van der Waals surface area contributed by atoms with Gasteiger partial charge in [-0.1, -0.05) is 83.4 Å². The van der Waals surface area contributed by atoms with E-state index in [9.17, 15) is 0 Å². The molecule has 2 aliphatic carbocycles. The summed E-state index contributed by atoms with van der Waals surface area (Å²) in [6.45, 7) is 11.3. The highest BCUT2D eigenvalue weighted by atomic mass is 15.1. The molecule has 2 aliphatic rings. The molecule has 3 nitrogen and oxygen atoms in total. The van der Waals surface area contributed by atoms with E-state index >= 15 is 0 Å². The molecule has 4 aromatic carbocycles. The molecule has 0 unspecified atom stereocenters. The van der Waals surface area contributed by atoms with Gasteiger partial charge in [0, 0.05) is 33.9 Å². The van der Waals surface area contributed by atoms with Crippen LogP contribution in [0.4, 0.5) is 0 Å². The molecule has 0 aliphatic heterocycles. The van der Waals surface area contributed by atoms with E-state index in [1.54, 1.807) is 11.1 Å². The van der Waals surface area contributed by atoms with E-state index in [-0.39, 0.29) is 0 Å². The highest BCUT2D eigenvalue weighted by Crippen LogP contribution is 2.40. The van der Waals surface area contributed by atoms with Crippen molar-refractivity contribution in [2.24, 2.45) is 5.92 Å². The lowest BCUT2D eigenvalue weighted by Crippen LogP contribution is -2.14. The van der Waals surface area contributed by atoms with Gasteiger partial charge >= 0.3 is 0 Å². The van der Waals surface area contributed by atoms with Crippen molar-refractivity contribution < 1.29 is 0 Å². The van der Waals surface area contributed by atoms with E-state index in [0.29, 0.717) is 11.8 Å². The predicted molar refractivity (Wildman–Crippen MR) is 195 cm³/mol. The van der Waals surface area contributed by atoms with E-state index in [0.717, 1.165) is 30.3 Å². The first-order chi connectivity index (χ1) is 22.5. The fourth-order valence-corrected chi connectivity index (χ4v) is 8.91. The maximum Gasteiger partial charge on any atom is 0.141 e. The minimum atomic E-state index is 0.463. The van der Waals surface area contributed by atoms with E-state index < -0.39 is 0 Å². The van der Waals surface area contributed by atoms with Gasteiger partial charge in [0.1, 0.15) is 5.82 Å². The zero-order valence-corrected chi connectivity index (χ0v) is 28.3. The lowest BCUT2D eigenvalue weighted by atomic mass is 9.88. The molecule has 3 heteroatoms.